The summed E-state index contributed by atoms with van der Waals surface area (Å²) >= 11 is 0. The van der Waals surface area contributed by atoms with E-state index in [1.807, 2.05) is 6.92 Å². The molecule has 0 bridgehead atoms. The lowest BCUT2D eigenvalue weighted by molar-refractivity contribution is -0.0370. The number of aryl methyl sites for hydroxylation is 1. The molecule has 0 radical (unpaired) electrons. The summed E-state index contributed by atoms with van der Waals surface area (Å²) in [5.74, 6) is 0. The lowest BCUT2D eigenvalue weighted by atomic mass is 10.1. The Kier molecular flexibility index (Phi) is 22.3. The van der Waals surface area contributed by atoms with Crippen LogP contribution in [0.4, 0.5) is 0 Å². The van der Waals surface area contributed by atoms with Crippen molar-refractivity contribution in [3.63, 3.8) is 0 Å². The fourth-order valence-electron chi connectivity index (χ4n) is 3.62. The summed E-state index contributed by atoms with van der Waals surface area (Å²) in [5.41, 5.74) is 0.956. The van der Waals surface area contributed by atoms with Gasteiger partial charge in [-0.2, -0.15) is 8.42 Å². The summed E-state index contributed by atoms with van der Waals surface area (Å²) in [5, 5.41) is 20.4. The van der Waals surface area contributed by atoms with Gasteiger partial charge in [-0.1, -0.05) is 101 Å². The van der Waals surface area contributed by atoms with Gasteiger partial charge in [0.1, 0.15) is 0 Å². The first-order valence-corrected chi connectivity index (χ1v) is 15.0. The minimum Gasteiger partial charge on any atom is -0.367 e. The molecule has 0 amide bonds. The van der Waals surface area contributed by atoms with E-state index in [-0.39, 0.29) is 11.4 Å². The first-order chi connectivity index (χ1) is 16.8. The van der Waals surface area contributed by atoms with Gasteiger partial charge in [0.15, 0.2) is 6.29 Å². The lowest BCUT2D eigenvalue weighted by Gasteiger charge is -2.05. The maximum Gasteiger partial charge on any atom is 0.294 e. The Bertz CT molecular complexity index is 717. The third-order valence-electron chi connectivity index (χ3n) is 5.76. The predicted molar refractivity (Wildman–Crippen MR) is 146 cm³/mol. The molecule has 0 fully saturated rings. The molecule has 6 nitrogen and oxygen atoms in total. The van der Waals surface area contributed by atoms with Gasteiger partial charge in [0.05, 0.1) is 4.90 Å². The molecule has 0 heterocycles. The Hall–Kier alpha value is -1.25. The number of unbranched alkanes of at least 4 members (excludes halogenated alkanes) is 13. The molecule has 0 atom stereocenters. The van der Waals surface area contributed by atoms with Crippen LogP contribution in [0.1, 0.15) is 109 Å². The zero-order chi connectivity index (χ0) is 26.2. The third-order valence-corrected chi connectivity index (χ3v) is 6.63. The van der Waals surface area contributed by atoms with E-state index in [9.17, 15) is 8.42 Å². The maximum absolute atomic E-state index is 10.5. The van der Waals surface area contributed by atoms with Crippen molar-refractivity contribution in [2.75, 3.05) is 13.1 Å². The Morgan fingerprint density at radius 2 is 1.23 bits per heavy atom. The van der Waals surface area contributed by atoms with Gasteiger partial charge in [0, 0.05) is 6.54 Å². The fraction of sp³-hybridized carbons (Fsp3) is 0.714. The van der Waals surface area contributed by atoms with E-state index >= 15 is 0 Å². The summed E-state index contributed by atoms with van der Waals surface area (Å²) in [7, 11) is -4.02. The Balaban J connectivity index is 0.000000867. The van der Waals surface area contributed by atoms with Crippen molar-refractivity contribution in [2.45, 2.75) is 121 Å². The van der Waals surface area contributed by atoms with E-state index in [2.05, 4.69) is 24.4 Å². The number of nitrogens with one attached hydrogen (secondary N) is 1. The van der Waals surface area contributed by atoms with Crippen molar-refractivity contribution >= 4 is 10.1 Å². The molecule has 0 aliphatic heterocycles. The van der Waals surface area contributed by atoms with Crippen LogP contribution in [-0.4, -0.2) is 42.6 Å². The minimum atomic E-state index is -4.02. The highest BCUT2D eigenvalue weighted by Crippen LogP contribution is 2.11. The van der Waals surface area contributed by atoms with E-state index in [1.165, 1.54) is 102 Å². The van der Waals surface area contributed by atoms with Crippen LogP contribution in [0.25, 0.3) is 0 Å². The van der Waals surface area contributed by atoms with E-state index in [4.69, 9.17) is 14.8 Å². The Morgan fingerprint density at radius 1 is 0.771 bits per heavy atom. The minimum absolute atomic E-state index is 0.0666. The summed E-state index contributed by atoms with van der Waals surface area (Å²) in [6.45, 7) is 5.29. The largest absolute Gasteiger partial charge is 0.367 e. The molecule has 1 aromatic carbocycles. The van der Waals surface area contributed by atoms with Crippen LogP contribution in [0.5, 0.6) is 0 Å². The standard InChI is InChI=1S/C21H43NO2.C7H8O3S/c1-2-3-4-5-6-7-8-9-10-11-12-13-14-15-16-17-18-19-22-20-21(23)24;1-6-2-4-7(5-3-6)11(8,9)10/h9-10,21-24H,2-8,11-20H2,1H3;2-5H,1H3,(H,8,9,10)/b10-9-;. The molecular formula is C28H51NO5S. The zero-order valence-corrected chi connectivity index (χ0v) is 22.9. The first kappa shape index (κ1) is 33.8. The van der Waals surface area contributed by atoms with Crippen LogP contribution in [-0.2, 0) is 10.1 Å². The van der Waals surface area contributed by atoms with Crippen molar-refractivity contribution in [1.82, 2.24) is 5.32 Å². The van der Waals surface area contributed by atoms with E-state index in [0.717, 1.165) is 18.5 Å². The van der Waals surface area contributed by atoms with Gasteiger partial charge in [-0.15, -0.1) is 0 Å². The van der Waals surface area contributed by atoms with E-state index < -0.39 is 16.4 Å². The highest BCUT2D eigenvalue weighted by molar-refractivity contribution is 7.85. The molecule has 1 aromatic rings. The highest BCUT2D eigenvalue weighted by Gasteiger charge is 2.06. The fourth-order valence-corrected chi connectivity index (χ4v) is 4.10. The van der Waals surface area contributed by atoms with Crippen molar-refractivity contribution in [1.29, 1.82) is 0 Å². The molecule has 1 rings (SSSR count). The summed E-state index contributed by atoms with van der Waals surface area (Å²) in [6.07, 6.45) is 23.5. The van der Waals surface area contributed by atoms with Crippen molar-refractivity contribution in [2.24, 2.45) is 0 Å². The molecular weight excluding hydrogens is 462 g/mol. The predicted octanol–water partition coefficient (Wildman–Crippen LogP) is 6.56. The average molecular weight is 514 g/mol. The van der Waals surface area contributed by atoms with Gasteiger partial charge in [-0.05, 0) is 57.7 Å². The zero-order valence-electron chi connectivity index (χ0n) is 22.1. The second-order valence-corrected chi connectivity index (χ2v) is 10.7. The Morgan fingerprint density at radius 3 is 1.69 bits per heavy atom. The van der Waals surface area contributed by atoms with Gasteiger partial charge >= 0.3 is 0 Å². The van der Waals surface area contributed by atoms with Gasteiger partial charge in [0.25, 0.3) is 10.1 Å². The monoisotopic (exact) mass is 513 g/mol. The van der Waals surface area contributed by atoms with Crippen LogP contribution in [0, 0.1) is 6.92 Å². The quantitative estimate of drug-likeness (QED) is 0.0681. The highest BCUT2D eigenvalue weighted by atomic mass is 32.2. The molecule has 204 valence electrons. The van der Waals surface area contributed by atoms with Gasteiger partial charge in [-0.3, -0.25) is 4.55 Å². The number of rotatable bonds is 20. The van der Waals surface area contributed by atoms with Gasteiger partial charge < -0.3 is 15.5 Å². The van der Waals surface area contributed by atoms with Crippen molar-refractivity contribution < 1.29 is 23.2 Å². The number of allylic oxidation sites excluding steroid dienone is 2. The molecule has 0 saturated heterocycles. The molecule has 4 N–H and O–H groups in total. The second-order valence-electron chi connectivity index (χ2n) is 9.26. The van der Waals surface area contributed by atoms with Gasteiger partial charge in [-0.25, -0.2) is 0 Å². The number of hydrogen-bond donors (Lipinski definition) is 4. The number of hydrogen-bond acceptors (Lipinski definition) is 5. The molecule has 7 heteroatoms. The molecule has 0 aliphatic carbocycles. The second kappa shape index (κ2) is 23.2. The van der Waals surface area contributed by atoms with Crippen LogP contribution in [0.15, 0.2) is 41.3 Å². The van der Waals surface area contributed by atoms with Gasteiger partial charge in [0.2, 0.25) is 0 Å². The summed E-state index contributed by atoms with van der Waals surface area (Å²) in [6, 6.07) is 5.99. The van der Waals surface area contributed by atoms with Crippen molar-refractivity contribution in [3.8, 4) is 0 Å². The van der Waals surface area contributed by atoms with E-state index in [1.54, 1.807) is 12.1 Å². The number of benzene rings is 1. The Labute approximate surface area is 215 Å². The molecule has 35 heavy (non-hydrogen) atoms. The molecule has 0 aliphatic rings. The van der Waals surface area contributed by atoms with Crippen LogP contribution < -0.4 is 5.32 Å². The van der Waals surface area contributed by atoms with Crippen LogP contribution in [0.2, 0.25) is 0 Å². The SMILES string of the molecule is CCCCCCCC/C=C\CCCCCCCCCNCC(O)O.Cc1ccc(S(=O)(=O)O)cc1. The topological polar surface area (TPSA) is 107 Å². The van der Waals surface area contributed by atoms with Crippen LogP contribution >= 0.6 is 0 Å². The smallest absolute Gasteiger partial charge is 0.294 e. The summed E-state index contributed by atoms with van der Waals surface area (Å²) < 4.78 is 29.6. The third kappa shape index (κ3) is 24.2. The van der Waals surface area contributed by atoms with Crippen LogP contribution in [0.3, 0.4) is 0 Å². The number of aliphatic hydroxyl groups is 2. The normalized spacial score (nSPS) is 11.7. The molecule has 0 aromatic heterocycles. The summed E-state index contributed by atoms with van der Waals surface area (Å²) in [4.78, 5) is -0.0666. The number of aliphatic hydroxyl groups excluding tert-OH is 1. The molecule has 0 spiro atoms. The maximum atomic E-state index is 10.5. The molecule has 0 unspecified atom stereocenters. The first-order valence-electron chi connectivity index (χ1n) is 13.5. The lowest BCUT2D eigenvalue weighted by Crippen LogP contribution is -2.26. The van der Waals surface area contributed by atoms with Crippen molar-refractivity contribution in [3.05, 3.63) is 42.0 Å². The van der Waals surface area contributed by atoms with E-state index in [0.29, 0.717) is 0 Å². The molecule has 0 saturated carbocycles. The average Bonchev–Trinajstić information content (AvgIpc) is 2.80.